The number of anilines is 1. The predicted molar refractivity (Wildman–Crippen MR) is 92.6 cm³/mol. The number of nitrogens with one attached hydrogen (secondary N) is 1. The quantitative estimate of drug-likeness (QED) is 0.898. The number of hydrogen-bond acceptors (Lipinski definition) is 5. The van der Waals surface area contributed by atoms with Gasteiger partial charge in [0, 0.05) is 10.8 Å². The topological polar surface area (TPSA) is 81.1 Å². The van der Waals surface area contributed by atoms with Crippen LogP contribution in [0.1, 0.15) is 49.2 Å². The van der Waals surface area contributed by atoms with Crippen molar-refractivity contribution in [3.05, 3.63) is 11.3 Å². The summed E-state index contributed by atoms with van der Waals surface area (Å²) in [6.07, 6.45) is 1.54. The molecule has 0 bridgehead atoms. The van der Waals surface area contributed by atoms with Crippen molar-refractivity contribution in [2.75, 3.05) is 22.6 Å². The molecule has 128 valence electrons. The van der Waals surface area contributed by atoms with E-state index in [1.165, 1.54) is 0 Å². The molecule has 0 aliphatic carbocycles. The molecular formula is C15H23N3O3S2. The Morgan fingerprint density at radius 1 is 1.43 bits per heavy atom. The number of hydrogen-bond donors (Lipinski definition) is 1. The minimum Gasteiger partial charge on any atom is -0.310 e. The molecule has 0 spiro atoms. The van der Waals surface area contributed by atoms with E-state index in [1.807, 2.05) is 6.92 Å². The summed E-state index contributed by atoms with van der Waals surface area (Å²) in [5, 5.41) is 7.78. The van der Waals surface area contributed by atoms with Crippen LogP contribution in [-0.2, 0) is 14.6 Å². The Kier molecular flexibility index (Phi) is 4.48. The molecule has 3 rings (SSSR count). The number of carbonyl (C=O) groups excluding carboxylic acids is 1. The van der Waals surface area contributed by atoms with Gasteiger partial charge in [0.2, 0.25) is 5.91 Å². The number of aryl methyl sites for hydroxylation is 1. The van der Waals surface area contributed by atoms with Crippen LogP contribution in [0.15, 0.2) is 0 Å². The standard InChI is InChI=1S/C15H23N3O3S2/c1-9(2)6-12-14-10(3)17-18(11-4-5-23(20,21)8-11)15(14)16-13(19)7-22-12/h9,11-12H,4-8H2,1-3H3,(H,16,19)/t11-,12+/m0/s1. The molecule has 0 radical (unpaired) electrons. The van der Waals surface area contributed by atoms with E-state index < -0.39 is 9.84 Å². The van der Waals surface area contributed by atoms with Crippen molar-refractivity contribution in [1.82, 2.24) is 9.78 Å². The average Bonchev–Trinajstić information content (AvgIpc) is 2.89. The fraction of sp³-hybridized carbons (Fsp3) is 0.733. The van der Waals surface area contributed by atoms with Crippen LogP contribution in [0.5, 0.6) is 0 Å². The predicted octanol–water partition coefficient (Wildman–Crippen LogP) is 2.32. The first-order chi connectivity index (χ1) is 10.8. The van der Waals surface area contributed by atoms with Gasteiger partial charge in [-0.1, -0.05) is 13.8 Å². The highest BCUT2D eigenvalue weighted by Crippen LogP contribution is 2.43. The number of rotatable bonds is 3. The fourth-order valence-electron chi connectivity index (χ4n) is 3.34. The van der Waals surface area contributed by atoms with Crippen molar-refractivity contribution in [2.24, 2.45) is 5.92 Å². The minimum absolute atomic E-state index is 0.0375. The summed E-state index contributed by atoms with van der Waals surface area (Å²) in [6, 6.07) is -0.175. The number of amides is 1. The first-order valence-electron chi connectivity index (χ1n) is 7.97. The van der Waals surface area contributed by atoms with Gasteiger partial charge in [-0.05, 0) is 25.7 Å². The Balaban J connectivity index is 2.02. The van der Waals surface area contributed by atoms with Gasteiger partial charge in [-0.15, -0.1) is 11.8 Å². The van der Waals surface area contributed by atoms with Gasteiger partial charge < -0.3 is 5.32 Å². The number of nitrogens with zero attached hydrogens (tertiary/aromatic N) is 2. The van der Waals surface area contributed by atoms with Crippen LogP contribution < -0.4 is 5.32 Å². The molecule has 0 aromatic carbocycles. The molecular weight excluding hydrogens is 334 g/mol. The number of fused-ring (bicyclic) bond motifs is 1. The van der Waals surface area contributed by atoms with Crippen LogP contribution in [0.4, 0.5) is 5.82 Å². The molecule has 1 amide bonds. The highest BCUT2D eigenvalue weighted by Gasteiger charge is 2.35. The lowest BCUT2D eigenvalue weighted by atomic mass is 10.0. The molecule has 2 aliphatic rings. The maximum atomic E-state index is 12.1. The van der Waals surface area contributed by atoms with Crippen LogP contribution in [0.3, 0.4) is 0 Å². The first-order valence-corrected chi connectivity index (χ1v) is 10.8. The molecule has 1 aromatic rings. The minimum atomic E-state index is -2.99. The van der Waals surface area contributed by atoms with Gasteiger partial charge >= 0.3 is 0 Å². The molecule has 2 aliphatic heterocycles. The summed E-state index contributed by atoms with van der Waals surface area (Å²) >= 11 is 1.65. The van der Waals surface area contributed by atoms with E-state index in [9.17, 15) is 13.2 Å². The van der Waals surface area contributed by atoms with Crippen LogP contribution in [0.2, 0.25) is 0 Å². The molecule has 0 saturated carbocycles. The number of thioether (sulfide) groups is 1. The molecule has 23 heavy (non-hydrogen) atoms. The van der Waals surface area contributed by atoms with E-state index in [1.54, 1.807) is 16.4 Å². The summed E-state index contributed by atoms with van der Waals surface area (Å²) in [5.74, 6) is 1.93. The molecule has 3 heterocycles. The van der Waals surface area contributed by atoms with Gasteiger partial charge in [0.1, 0.15) is 5.82 Å². The second kappa shape index (κ2) is 6.12. The normalized spacial score (nSPS) is 26.9. The lowest BCUT2D eigenvalue weighted by Crippen LogP contribution is -2.20. The van der Waals surface area contributed by atoms with E-state index in [2.05, 4.69) is 24.3 Å². The largest absolute Gasteiger partial charge is 0.310 e. The third-order valence-corrected chi connectivity index (χ3v) is 7.38. The summed E-state index contributed by atoms with van der Waals surface area (Å²) in [7, 11) is -2.99. The Hall–Kier alpha value is -1.02. The van der Waals surface area contributed by atoms with Crippen molar-refractivity contribution in [1.29, 1.82) is 0 Å². The Morgan fingerprint density at radius 3 is 2.78 bits per heavy atom. The summed E-state index contributed by atoms with van der Waals surface area (Å²) in [5.41, 5.74) is 1.96. The smallest absolute Gasteiger partial charge is 0.235 e. The van der Waals surface area contributed by atoms with Gasteiger partial charge in [0.25, 0.3) is 0 Å². The van der Waals surface area contributed by atoms with Gasteiger partial charge in [-0.3, -0.25) is 4.79 Å². The molecule has 2 atom stereocenters. The second-order valence-corrected chi connectivity index (χ2v) is 10.2. The maximum Gasteiger partial charge on any atom is 0.235 e. The van der Waals surface area contributed by atoms with Crippen LogP contribution in [0.25, 0.3) is 0 Å². The Labute approximate surface area is 141 Å². The van der Waals surface area contributed by atoms with E-state index in [0.717, 1.165) is 17.7 Å². The molecule has 6 nitrogen and oxygen atoms in total. The van der Waals surface area contributed by atoms with Crippen molar-refractivity contribution < 1.29 is 13.2 Å². The summed E-state index contributed by atoms with van der Waals surface area (Å²) in [4.78, 5) is 12.1. The molecule has 1 saturated heterocycles. The summed E-state index contributed by atoms with van der Waals surface area (Å²) < 4.78 is 25.4. The van der Waals surface area contributed by atoms with Crippen molar-refractivity contribution >= 4 is 33.3 Å². The Morgan fingerprint density at radius 2 is 2.17 bits per heavy atom. The van der Waals surface area contributed by atoms with Crippen molar-refractivity contribution in [3.8, 4) is 0 Å². The van der Waals surface area contributed by atoms with E-state index in [4.69, 9.17) is 0 Å². The fourth-order valence-corrected chi connectivity index (χ4v) is 6.43. The number of aromatic nitrogens is 2. The third kappa shape index (κ3) is 3.42. The second-order valence-electron chi connectivity index (χ2n) is 6.83. The van der Waals surface area contributed by atoms with Crippen LogP contribution in [-0.4, -0.2) is 41.4 Å². The summed E-state index contributed by atoms with van der Waals surface area (Å²) in [6.45, 7) is 6.29. The van der Waals surface area contributed by atoms with Gasteiger partial charge in [0.15, 0.2) is 9.84 Å². The monoisotopic (exact) mass is 357 g/mol. The van der Waals surface area contributed by atoms with E-state index in [0.29, 0.717) is 23.9 Å². The lowest BCUT2D eigenvalue weighted by Gasteiger charge is -2.17. The zero-order valence-electron chi connectivity index (χ0n) is 13.7. The molecule has 0 unspecified atom stereocenters. The van der Waals surface area contributed by atoms with Crippen molar-refractivity contribution in [2.45, 2.75) is 44.9 Å². The zero-order chi connectivity index (χ0) is 16.8. The third-order valence-electron chi connectivity index (χ3n) is 4.37. The number of carbonyl (C=O) groups is 1. The van der Waals surface area contributed by atoms with Gasteiger partial charge in [0.05, 0.1) is 29.0 Å². The van der Waals surface area contributed by atoms with Crippen LogP contribution in [0, 0.1) is 12.8 Å². The number of sulfone groups is 1. The SMILES string of the molecule is Cc1nn([C@H]2CCS(=O)(=O)C2)c2c1[C@@H](CC(C)C)SCC(=O)N2. The van der Waals surface area contributed by atoms with E-state index in [-0.39, 0.29) is 28.7 Å². The molecule has 1 fully saturated rings. The molecule has 1 aromatic heterocycles. The lowest BCUT2D eigenvalue weighted by molar-refractivity contribution is -0.113. The van der Waals surface area contributed by atoms with Gasteiger partial charge in [-0.25, -0.2) is 13.1 Å². The average molecular weight is 358 g/mol. The Bertz CT molecular complexity index is 725. The highest BCUT2D eigenvalue weighted by atomic mass is 32.2. The zero-order valence-corrected chi connectivity index (χ0v) is 15.3. The van der Waals surface area contributed by atoms with Gasteiger partial charge in [-0.2, -0.15) is 5.10 Å². The highest BCUT2D eigenvalue weighted by molar-refractivity contribution is 8.00. The first kappa shape index (κ1) is 16.8. The maximum absolute atomic E-state index is 12.1. The molecule has 8 heteroatoms. The van der Waals surface area contributed by atoms with E-state index >= 15 is 0 Å². The van der Waals surface area contributed by atoms with Crippen molar-refractivity contribution in [3.63, 3.8) is 0 Å². The van der Waals surface area contributed by atoms with Crippen LogP contribution >= 0.6 is 11.8 Å². The molecule has 1 N–H and O–H groups in total.